The fourth-order valence-electron chi connectivity index (χ4n) is 5.23. The van der Waals surface area contributed by atoms with Crippen molar-refractivity contribution in [2.75, 3.05) is 24.0 Å². The molecule has 45 heavy (non-hydrogen) atoms. The topological polar surface area (TPSA) is 86.7 Å². The summed E-state index contributed by atoms with van der Waals surface area (Å²) in [6.07, 6.45) is 0.492. The maximum absolute atomic E-state index is 13.2. The van der Waals surface area contributed by atoms with Crippen molar-refractivity contribution in [3.8, 4) is 11.3 Å². The van der Waals surface area contributed by atoms with Gasteiger partial charge in [-0.3, -0.25) is 0 Å². The van der Waals surface area contributed by atoms with Gasteiger partial charge in [-0.15, -0.1) is 10.2 Å². The number of azo groups is 1. The Morgan fingerprint density at radius 1 is 0.911 bits per heavy atom. The molecular weight excluding hydrogens is 604 g/mol. The highest BCUT2D eigenvalue weighted by atomic mass is 35.5. The van der Waals surface area contributed by atoms with E-state index in [4.69, 9.17) is 26.1 Å². The second-order valence-corrected chi connectivity index (χ2v) is 12.2. The van der Waals surface area contributed by atoms with Crippen LogP contribution < -0.4 is 15.5 Å². The van der Waals surface area contributed by atoms with E-state index in [2.05, 4.69) is 39.4 Å². The molecule has 4 aromatic carbocycles. The third kappa shape index (κ3) is 5.87. The van der Waals surface area contributed by atoms with Gasteiger partial charge in [0.25, 0.3) is 0 Å². The molecular formula is C35H27ClN6O2S. The zero-order chi connectivity index (χ0) is 30.9. The number of halogens is 1. The van der Waals surface area contributed by atoms with Crippen molar-refractivity contribution in [3.05, 3.63) is 136 Å². The summed E-state index contributed by atoms with van der Waals surface area (Å²) in [5.41, 5.74) is 5.62. The van der Waals surface area contributed by atoms with E-state index in [1.54, 1.807) is 18.2 Å². The predicted molar refractivity (Wildman–Crippen MR) is 183 cm³/mol. The third-order valence-electron chi connectivity index (χ3n) is 7.58. The zero-order valence-electron chi connectivity index (χ0n) is 24.5. The Hall–Kier alpha value is -5.12. The van der Waals surface area contributed by atoms with Crippen molar-refractivity contribution in [3.63, 3.8) is 0 Å². The monoisotopic (exact) mass is 630 g/mol. The Balaban J connectivity index is 1.34. The number of hydrogen-bond donors (Lipinski definition) is 0. The van der Waals surface area contributed by atoms with Crippen LogP contribution in [0.15, 0.2) is 134 Å². The summed E-state index contributed by atoms with van der Waals surface area (Å²) in [4.78, 5) is 20.3. The van der Waals surface area contributed by atoms with Crippen LogP contribution in [-0.4, -0.2) is 24.8 Å². The van der Waals surface area contributed by atoms with Crippen LogP contribution in [-0.2, 0) is 0 Å². The van der Waals surface area contributed by atoms with E-state index in [-0.39, 0.29) is 6.04 Å². The molecule has 2 aromatic heterocycles. The summed E-state index contributed by atoms with van der Waals surface area (Å²) < 4.78 is 5.68. The van der Waals surface area contributed by atoms with Crippen LogP contribution >= 0.6 is 22.9 Å². The molecule has 0 N–H and O–H groups in total. The molecule has 222 valence electrons. The largest absolute Gasteiger partial charge is 0.422 e. The normalized spacial score (nSPS) is 14.8. The zero-order valence-corrected chi connectivity index (χ0v) is 26.0. The number of rotatable bonds is 7. The molecule has 0 fully saturated rings. The molecule has 3 heterocycles. The Bertz CT molecular complexity index is 2110. The highest BCUT2D eigenvalue weighted by molar-refractivity contribution is 7.19. The van der Waals surface area contributed by atoms with E-state index in [1.165, 1.54) is 11.3 Å². The minimum atomic E-state index is -0.419. The molecule has 1 atom stereocenters. The van der Waals surface area contributed by atoms with E-state index < -0.39 is 5.63 Å². The van der Waals surface area contributed by atoms with E-state index in [0.29, 0.717) is 49.8 Å². The molecule has 0 aliphatic carbocycles. The summed E-state index contributed by atoms with van der Waals surface area (Å²) in [6, 6.07) is 34.6. The average molecular weight is 631 g/mol. The number of anilines is 2. The predicted octanol–water partition coefficient (Wildman–Crippen LogP) is 9.41. The number of aromatic nitrogens is 1. The number of hydrogen-bond acceptors (Lipinski definition) is 9. The first-order valence-corrected chi connectivity index (χ1v) is 15.5. The average Bonchev–Trinajstić information content (AvgIpc) is 3.70. The highest BCUT2D eigenvalue weighted by Gasteiger charge is 2.34. The van der Waals surface area contributed by atoms with Gasteiger partial charge in [-0.2, -0.15) is 5.10 Å². The molecule has 1 unspecified atom stereocenters. The number of para-hydroxylation sites is 1. The van der Waals surface area contributed by atoms with Crippen molar-refractivity contribution in [2.24, 2.45) is 15.3 Å². The van der Waals surface area contributed by atoms with Gasteiger partial charge in [0.2, 0.25) is 5.13 Å². The molecule has 1 aliphatic heterocycles. The van der Waals surface area contributed by atoms with E-state index in [1.807, 2.05) is 85.8 Å². The van der Waals surface area contributed by atoms with Crippen molar-refractivity contribution in [1.82, 2.24) is 4.98 Å². The Kier molecular flexibility index (Phi) is 7.71. The van der Waals surface area contributed by atoms with Gasteiger partial charge in [-0.05, 0) is 54.1 Å². The number of benzene rings is 4. The molecule has 10 heteroatoms. The Labute approximate surface area is 268 Å². The standard InChI is InChI=1S/C35H27ClN6O2S/c1-41(2)27-18-12-22(13-19-27)30-21-29(28-20-24-10-6-7-11-31(24)44-34(28)43)40-42(30)35-37-32(23-8-4-3-5-9-23)33(45-35)39-38-26-16-14-25(36)15-17-26/h3-20,30H,21H2,1-2H3. The number of fused-ring (bicyclic) bond motifs is 1. The van der Waals surface area contributed by atoms with Crippen LogP contribution in [0.4, 0.5) is 21.5 Å². The maximum Gasteiger partial charge on any atom is 0.345 e. The molecule has 6 aromatic rings. The Morgan fingerprint density at radius 3 is 2.40 bits per heavy atom. The summed E-state index contributed by atoms with van der Waals surface area (Å²) in [6.45, 7) is 0. The van der Waals surface area contributed by atoms with Crippen LogP contribution in [0.1, 0.15) is 23.6 Å². The lowest BCUT2D eigenvalue weighted by atomic mass is 9.98. The quantitative estimate of drug-likeness (QED) is 0.130. The highest BCUT2D eigenvalue weighted by Crippen LogP contribution is 2.45. The van der Waals surface area contributed by atoms with Gasteiger partial charge in [0.1, 0.15) is 11.3 Å². The Morgan fingerprint density at radius 2 is 1.64 bits per heavy atom. The third-order valence-corrected chi connectivity index (χ3v) is 8.76. The molecule has 8 nitrogen and oxygen atoms in total. The van der Waals surface area contributed by atoms with Gasteiger partial charge in [-0.1, -0.05) is 83.6 Å². The fourth-order valence-corrected chi connectivity index (χ4v) is 6.27. The molecule has 0 spiro atoms. The molecule has 0 saturated carbocycles. The van der Waals surface area contributed by atoms with Gasteiger partial charge < -0.3 is 9.32 Å². The summed E-state index contributed by atoms with van der Waals surface area (Å²) in [5, 5.41) is 18.8. The van der Waals surface area contributed by atoms with Crippen LogP contribution in [0.2, 0.25) is 5.02 Å². The fraction of sp³-hybridized carbons (Fsp3) is 0.114. The van der Waals surface area contributed by atoms with Crippen LogP contribution in [0.25, 0.3) is 22.2 Å². The van der Waals surface area contributed by atoms with E-state index in [9.17, 15) is 4.79 Å². The van der Waals surface area contributed by atoms with Gasteiger partial charge in [0.15, 0.2) is 5.00 Å². The molecule has 0 amide bonds. The van der Waals surface area contributed by atoms with Crippen LogP contribution in [0.3, 0.4) is 0 Å². The lowest BCUT2D eigenvalue weighted by Crippen LogP contribution is -2.18. The van der Waals surface area contributed by atoms with E-state index in [0.717, 1.165) is 22.2 Å². The smallest absolute Gasteiger partial charge is 0.345 e. The molecule has 7 rings (SSSR count). The molecule has 1 aliphatic rings. The minimum absolute atomic E-state index is 0.210. The summed E-state index contributed by atoms with van der Waals surface area (Å²) >= 11 is 7.46. The lowest BCUT2D eigenvalue weighted by molar-refractivity contribution is 0.559. The number of hydrazone groups is 1. The maximum atomic E-state index is 13.2. The van der Waals surface area contributed by atoms with Gasteiger partial charge >= 0.3 is 5.63 Å². The van der Waals surface area contributed by atoms with Crippen LogP contribution in [0, 0.1) is 0 Å². The van der Waals surface area contributed by atoms with E-state index >= 15 is 0 Å². The van der Waals surface area contributed by atoms with Gasteiger partial charge in [0, 0.05) is 42.2 Å². The second-order valence-electron chi connectivity index (χ2n) is 10.8. The molecule has 0 bridgehead atoms. The second kappa shape index (κ2) is 12.1. The van der Waals surface area contributed by atoms with Crippen molar-refractivity contribution < 1.29 is 4.42 Å². The van der Waals surface area contributed by atoms with Crippen molar-refractivity contribution in [2.45, 2.75) is 12.5 Å². The first-order valence-electron chi connectivity index (χ1n) is 14.3. The van der Waals surface area contributed by atoms with Crippen LogP contribution in [0.5, 0.6) is 0 Å². The number of thiazole rings is 1. The first-order chi connectivity index (χ1) is 21.9. The number of nitrogens with zero attached hydrogens (tertiary/aromatic N) is 6. The lowest BCUT2D eigenvalue weighted by Gasteiger charge is -2.22. The first kappa shape index (κ1) is 28.6. The van der Waals surface area contributed by atoms with Gasteiger partial charge in [-0.25, -0.2) is 14.8 Å². The summed E-state index contributed by atoms with van der Waals surface area (Å²) in [7, 11) is 4.02. The van der Waals surface area contributed by atoms with Crippen molar-refractivity contribution in [1.29, 1.82) is 0 Å². The minimum Gasteiger partial charge on any atom is -0.422 e. The summed E-state index contributed by atoms with van der Waals surface area (Å²) in [5.74, 6) is 0. The van der Waals surface area contributed by atoms with Crippen molar-refractivity contribution >= 4 is 61.1 Å². The SMILES string of the molecule is CN(C)c1ccc(C2CC(c3cc4ccccc4oc3=O)=NN2c2nc(-c3ccccc3)c(N=Nc3ccc(Cl)cc3)s2)cc1. The molecule has 0 radical (unpaired) electrons. The van der Waals surface area contributed by atoms with Gasteiger partial charge in [0.05, 0.1) is 23.0 Å². The molecule has 0 saturated heterocycles.